The summed E-state index contributed by atoms with van der Waals surface area (Å²) in [6.07, 6.45) is 5.05. The van der Waals surface area contributed by atoms with Crippen LogP contribution in [-0.2, 0) is 0 Å². The lowest BCUT2D eigenvalue weighted by molar-refractivity contribution is 0.811. The average molecular weight is 316 g/mol. The molecule has 0 saturated heterocycles. The number of rotatable bonds is 2. The van der Waals surface area contributed by atoms with Crippen molar-refractivity contribution in [3.05, 3.63) is 53.4 Å². The summed E-state index contributed by atoms with van der Waals surface area (Å²) in [5.41, 5.74) is 8.27. The molecule has 94 valence electrons. The minimum Gasteiger partial charge on any atom is -0.396 e. The minimum atomic E-state index is 0.498. The number of benzene rings is 1. The lowest BCUT2D eigenvalue weighted by atomic mass is 10.1. The van der Waals surface area contributed by atoms with Crippen molar-refractivity contribution in [2.24, 2.45) is 0 Å². The van der Waals surface area contributed by atoms with Crippen LogP contribution in [0.25, 0.3) is 17.2 Å². The second-order valence-corrected chi connectivity index (χ2v) is 4.85. The highest BCUT2D eigenvalue weighted by atomic mass is 79.9. The fraction of sp³-hybridized carbons (Fsp3) is 0. The van der Waals surface area contributed by atoms with E-state index in [1.807, 2.05) is 24.3 Å². The first-order chi connectivity index (χ1) is 9.24. The van der Waals surface area contributed by atoms with Crippen molar-refractivity contribution in [1.82, 2.24) is 19.7 Å². The quantitative estimate of drug-likeness (QED) is 0.789. The molecule has 0 fully saturated rings. The molecule has 0 bridgehead atoms. The number of nitrogen functional groups attached to an aromatic ring is 1. The molecule has 0 radical (unpaired) electrons. The molecule has 1 aromatic carbocycles. The second-order valence-electron chi connectivity index (χ2n) is 3.93. The highest BCUT2D eigenvalue weighted by Gasteiger charge is 2.10. The van der Waals surface area contributed by atoms with Crippen LogP contribution in [0.1, 0.15) is 0 Å². The van der Waals surface area contributed by atoms with E-state index < -0.39 is 0 Å². The van der Waals surface area contributed by atoms with Crippen molar-refractivity contribution in [1.29, 1.82) is 0 Å². The van der Waals surface area contributed by atoms with Crippen LogP contribution in [0.15, 0.2) is 53.4 Å². The first kappa shape index (κ1) is 11.9. The fourth-order valence-electron chi connectivity index (χ4n) is 1.73. The number of nitrogens with two attached hydrogens (primary N) is 1. The Bertz CT molecular complexity index is 691. The van der Waals surface area contributed by atoms with Crippen molar-refractivity contribution in [3.63, 3.8) is 0 Å². The molecule has 0 aliphatic rings. The Morgan fingerprint density at radius 1 is 1.05 bits per heavy atom. The van der Waals surface area contributed by atoms with Gasteiger partial charge in [0.25, 0.3) is 5.95 Å². The van der Waals surface area contributed by atoms with E-state index in [1.54, 1.807) is 29.3 Å². The highest BCUT2D eigenvalue weighted by Crippen LogP contribution is 2.26. The Balaban J connectivity index is 2.05. The third kappa shape index (κ3) is 2.34. The molecule has 2 aromatic heterocycles. The summed E-state index contributed by atoms with van der Waals surface area (Å²) in [6.45, 7) is 0. The Morgan fingerprint density at radius 3 is 2.42 bits per heavy atom. The van der Waals surface area contributed by atoms with E-state index in [2.05, 4.69) is 31.0 Å². The van der Waals surface area contributed by atoms with E-state index in [1.165, 1.54) is 0 Å². The van der Waals surface area contributed by atoms with Gasteiger partial charge in [-0.2, -0.15) is 5.10 Å². The summed E-state index contributed by atoms with van der Waals surface area (Å²) < 4.78 is 2.59. The first-order valence-electron chi connectivity index (χ1n) is 5.62. The van der Waals surface area contributed by atoms with Crippen LogP contribution in [0.2, 0.25) is 0 Å². The van der Waals surface area contributed by atoms with Gasteiger partial charge in [0.2, 0.25) is 0 Å². The van der Waals surface area contributed by atoms with Gasteiger partial charge < -0.3 is 5.73 Å². The molecule has 0 aliphatic carbocycles. The minimum absolute atomic E-state index is 0.498. The number of hydrogen-bond acceptors (Lipinski definition) is 4. The largest absolute Gasteiger partial charge is 0.396 e. The van der Waals surface area contributed by atoms with Crippen molar-refractivity contribution in [2.75, 3.05) is 5.73 Å². The maximum atomic E-state index is 6.00. The van der Waals surface area contributed by atoms with Crippen LogP contribution in [-0.4, -0.2) is 19.7 Å². The molecule has 19 heavy (non-hydrogen) atoms. The number of anilines is 1. The molecule has 2 N–H and O–H groups in total. The summed E-state index contributed by atoms with van der Waals surface area (Å²) in [6, 6.07) is 9.57. The lowest BCUT2D eigenvalue weighted by Crippen LogP contribution is -2.00. The predicted octanol–water partition coefficient (Wildman–Crippen LogP) is 2.67. The highest BCUT2D eigenvalue weighted by molar-refractivity contribution is 9.10. The maximum absolute atomic E-state index is 6.00. The topological polar surface area (TPSA) is 69.6 Å². The van der Waals surface area contributed by atoms with Gasteiger partial charge in [-0.05, 0) is 18.2 Å². The van der Waals surface area contributed by atoms with Crippen molar-refractivity contribution in [2.45, 2.75) is 0 Å². The van der Waals surface area contributed by atoms with Crippen molar-refractivity contribution >= 4 is 21.6 Å². The van der Waals surface area contributed by atoms with Crippen molar-refractivity contribution in [3.8, 4) is 17.2 Å². The van der Waals surface area contributed by atoms with Gasteiger partial charge in [-0.25, -0.2) is 14.6 Å². The SMILES string of the molecule is Nc1cn(-c2ncccn2)nc1-c1ccc(Br)cc1. The average Bonchev–Trinajstić information content (AvgIpc) is 2.83. The van der Waals surface area contributed by atoms with Gasteiger partial charge in [-0.1, -0.05) is 28.1 Å². The second kappa shape index (κ2) is 4.81. The maximum Gasteiger partial charge on any atom is 0.250 e. The number of aromatic nitrogens is 4. The summed E-state index contributed by atoms with van der Waals surface area (Å²) in [7, 11) is 0. The normalized spacial score (nSPS) is 10.6. The predicted molar refractivity (Wildman–Crippen MR) is 76.7 cm³/mol. The number of nitrogens with zero attached hydrogens (tertiary/aromatic N) is 4. The third-order valence-electron chi connectivity index (χ3n) is 2.62. The molecule has 2 heterocycles. The first-order valence-corrected chi connectivity index (χ1v) is 6.42. The van der Waals surface area contributed by atoms with E-state index in [0.717, 1.165) is 15.7 Å². The van der Waals surface area contributed by atoms with Crippen LogP contribution in [0, 0.1) is 0 Å². The lowest BCUT2D eigenvalue weighted by Gasteiger charge is -1.99. The molecule has 0 spiro atoms. The number of hydrogen-bond donors (Lipinski definition) is 1. The molecular formula is C13H10BrN5. The Morgan fingerprint density at radius 2 is 1.74 bits per heavy atom. The van der Waals surface area contributed by atoms with E-state index >= 15 is 0 Å². The molecule has 0 aliphatic heterocycles. The van der Waals surface area contributed by atoms with Gasteiger partial charge >= 0.3 is 0 Å². The Labute approximate surface area is 118 Å². The van der Waals surface area contributed by atoms with E-state index in [4.69, 9.17) is 5.73 Å². The van der Waals surface area contributed by atoms with Crippen LogP contribution in [0.5, 0.6) is 0 Å². The van der Waals surface area contributed by atoms with Gasteiger partial charge in [-0.15, -0.1) is 0 Å². The van der Waals surface area contributed by atoms with Crippen LogP contribution >= 0.6 is 15.9 Å². The van der Waals surface area contributed by atoms with Gasteiger partial charge in [0.1, 0.15) is 5.69 Å². The van der Waals surface area contributed by atoms with Crippen LogP contribution < -0.4 is 5.73 Å². The molecule has 0 saturated carbocycles. The van der Waals surface area contributed by atoms with E-state index in [-0.39, 0.29) is 0 Å². The van der Waals surface area contributed by atoms with Gasteiger partial charge in [0, 0.05) is 22.4 Å². The van der Waals surface area contributed by atoms with Crippen molar-refractivity contribution < 1.29 is 0 Å². The molecule has 3 aromatic rings. The molecule has 6 heteroatoms. The summed E-state index contributed by atoms with van der Waals surface area (Å²) in [4.78, 5) is 8.28. The molecule has 5 nitrogen and oxygen atoms in total. The standard InChI is InChI=1S/C13H10BrN5/c14-10-4-2-9(3-5-10)12-11(15)8-19(18-12)13-16-6-1-7-17-13/h1-8H,15H2. The number of halogens is 1. The zero-order valence-corrected chi connectivity index (χ0v) is 11.4. The monoisotopic (exact) mass is 315 g/mol. The van der Waals surface area contributed by atoms with Gasteiger partial charge in [0.05, 0.1) is 11.9 Å². The molecule has 0 atom stereocenters. The van der Waals surface area contributed by atoms with Crippen LogP contribution in [0.4, 0.5) is 5.69 Å². The van der Waals surface area contributed by atoms with Gasteiger partial charge in [-0.3, -0.25) is 0 Å². The molecule has 3 rings (SSSR count). The van der Waals surface area contributed by atoms with Crippen LogP contribution in [0.3, 0.4) is 0 Å². The van der Waals surface area contributed by atoms with E-state index in [0.29, 0.717) is 11.6 Å². The Kier molecular flexibility index (Phi) is 3.00. The molecular weight excluding hydrogens is 306 g/mol. The molecule has 0 amide bonds. The summed E-state index contributed by atoms with van der Waals surface area (Å²) in [5.74, 6) is 0.498. The molecule has 0 unspecified atom stereocenters. The van der Waals surface area contributed by atoms with E-state index in [9.17, 15) is 0 Å². The third-order valence-corrected chi connectivity index (χ3v) is 3.15. The zero-order valence-electron chi connectivity index (χ0n) is 9.86. The van der Waals surface area contributed by atoms with Gasteiger partial charge in [0.15, 0.2) is 0 Å². The Hall–Kier alpha value is -2.21. The fourth-order valence-corrected chi connectivity index (χ4v) is 2.00. The summed E-state index contributed by atoms with van der Waals surface area (Å²) in [5, 5.41) is 4.43. The summed E-state index contributed by atoms with van der Waals surface area (Å²) >= 11 is 3.40. The smallest absolute Gasteiger partial charge is 0.250 e. The zero-order chi connectivity index (χ0) is 13.2.